The van der Waals surface area contributed by atoms with E-state index in [-0.39, 0.29) is 5.54 Å². The highest BCUT2D eigenvalue weighted by Crippen LogP contribution is 2.13. The fourth-order valence-electron chi connectivity index (χ4n) is 2.23. The maximum atomic E-state index is 4.62. The molecule has 0 aliphatic heterocycles. The first-order chi connectivity index (χ1) is 8.83. The molecular weight excluding hydrogens is 234 g/mol. The van der Waals surface area contributed by atoms with Crippen LogP contribution in [0.1, 0.15) is 63.3 Å². The summed E-state index contributed by atoms with van der Waals surface area (Å²) in [6.07, 6.45) is 4.28. The van der Waals surface area contributed by atoms with Crippen molar-refractivity contribution in [3.05, 3.63) is 22.8 Å². The van der Waals surface area contributed by atoms with Crippen molar-refractivity contribution in [2.45, 2.75) is 72.8 Å². The molecule has 0 saturated carbocycles. The van der Waals surface area contributed by atoms with Gasteiger partial charge in [0, 0.05) is 23.3 Å². The Morgan fingerprint density at radius 2 is 1.58 bits per heavy atom. The molecule has 0 atom stereocenters. The van der Waals surface area contributed by atoms with E-state index in [0.717, 1.165) is 49.4 Å². The number of hydrogen-bond acceptors (Lipinski definition) is 3. The smallest absolute Gasteiger partial charge is 0.128 e. The molecular formula is C16H29N3. The fourth-order valence-corrected chi connectivity index (χ4v) is 2.23. The van der Waals surface area contributed by atoms with E-state index in [2.05, 4.69) is 56.8 Å². The molecule has 1 heterocycles. The maximum Gasteiger partial charge on any atom is 0.128 e. The summed E-state index contributed by atoms with van der Waals surface area (Å²) in [4.78, 5) is 9.24. The summed E-state index contributed by atoms with van der Waals surface area (Å²) in [5.41, 5.74) is 3.85. The van der Waals surface area contributed by atoms with Crippen molar-refractivity contribution in [3.8, 4) is 0 Å². The first-order valence-electron chi connectivity index (χ1n) is 7.41. The van der Waals surface area contributed by atoms with Gasteiger partial charge in [0.2, 0.25) is 0 Å². The third kappa shape index (κ3) is 5.68. The SMILES string of the molecule is CCCc1nc(C)c(CCCNC(C)(C)C)c(C)n1. The average molecular weight is 263 g/mol. The lowest BCUT2D eigenvalue weighted by atomic mass is 10.0. The number of nitrogens with zero attached hydrogens (tertiary/aromatic N) is 2. The second-order valence-electron chi connectivity index (χ2n) is 6.32. The van der Waals surface area contributed by atoms with E-state index in [1.54, 1.807) is 0 Å². The van der Waals surface area contributed by atoms with Gasteiger partial charge in [0.05, 0.1) is 0 Å². The largest absolute Gasteiger partial charge is 0.312 e. The molecule has 19 heavy (non-hydrogen) atoms. The molecule has 1 rings (SSSR count). The van der Waals surface area contributed by atoms with Gasteiger partial charge in [-0.25, -0.2) is 9.97 Å². The van der Waals surface area contributed by atoms with Gasteiger partial charge in [-0.3, -0.25) is 0 Å². The highest BCUT2D eigenvalue weighted by Gasteiger charge is 2.10. The van der Waals surface area contributed by atoms with Crippen LogP contribution in [-0.2, 0) is 12.8 Å². The second-order valence-corrected chi connectivity index (χ2v) is 6.32. The van der Waals surface area contributed by atoms with Crippen LogP contribution in [0.25, 0.3) is 0 Å². The molecule has 1 aromatic heterocycles. The summed E-state index contributed by atoms with van der Waals surface area (Å²) >= 11 is 0. The lowest BCUT2D eigenvalue weighted by Crippen LogP contribution is -2.36. The van der Waals surface area contributed by atoms with Crippen LogP contribution in [0.5, 0.6) is 0 Å². The molecule has 0 spiro atoms. The molecule has 0 aromatic carbocycles. The van der Waals surface area contributed by atoms with E-state index >= 15 is 0 Å². The Morgan fingerprint density at radius 1 is 1.00 bits per heavy atom. The molecule has 0 amide bonds. The number of hydrogen-bond donors (Lipinski definition) is 1. The van der Waals surface area contributed by atoms with Crippen LogP contribution in [-0.4, -0.2) is 22.1 Å². The molecule has 0 radical (unpaired) electrons. The van der Waals surface area contributed by atoms with E-state index in [1.165, 1.54) is 5.56 Å². The minimum Gasteiger partial charge on any atom is -0.312 e. The summed E-state index contributed by atoms with van der Waals surface area (Å²) in [7, 11) is 0. The summed E-state index contributed by atoms with van der Waals surface area (Å²) in [5.74, 6) is 0.995. The van der Waals surface area contributed by atoms with Crippen LogP contribution >= 0.6 is 0 Å². The van der Waals surface area contributed by atoms with Gasteiger partial charge in [0.15, 0.2) is 0 Å². The van der Waals surface area contributed by atoms with Crippen LogP contribution in [0.3, 0.4) is 0 Å². The third-order valence-electron chi connectivity index (χ3n) is 3.20. The summed E-state index contributed by atoms with van der Waals surface area (Å²) in [6.45, 7) is 14.0. The Bertz CT molecular complexity index is 382. The van der Waals surface area contributed by atoms with Gasteiger partial charge in [-0.1, -0.05) is 6.92 Å². The number of nitrogens with one attached hydrogen (secondary N) is 1. The van der Waals surface area contributed by atoms with Crippen molar-refractivity contribution in [2.75, 3.05) is 6.54 Å². The van der Waals surface area contributed by atoms with Gasteiger partial charge in [0.25, 0.3) is 0 Å². The topological polar surface area (TPSA) is 37.8 Å². The van der Waals surface area contributed by atoms with E-state index in [9.17, 15) is 0 Å². The van der Waals surface area contributed by atoms with Gasteiger partial charge in [-0.05, 0) is 66.0 Å². The zero-order chi connectivity index (χ0) is 14.5. The van der Waals surface area contributed by atoms with E-state index < -0.39 is 0 Å². The summed E-state index contributed by atoms with van der Waals surface area (Å²) in [6, 6.07) is 0. The first-order valence-corrected chi connectivity index (χ1v) is 7.41. The van der Waals surface area contributed by atoms with Crippen LogP contribution in [0.4, 0.5) is 0 Å². The van der Waals surface area contributed by atoms with Crippen molar-refractivity contribution in [1.82, 2.24) is 15.3 Å². The van der Waals surface area contributed by atoms with Crippen molar-refractivity contribution < 1.29 is 0 Å². The molecule has 3 heteroatoms. The maximum absolute atomic E-state index is 4.62. The van der Waals surface area contributed by atoms with Crippen molar-refractivity contribution in [3.63, 3.8) is 0 Å². The molecule has 108 valence electrons. The van der Waals surface area contributed by atoms with Crippen molar-refractivity contribution in [2.24, 2.45) is 0 Å². The van der Waals surface area contributed by atoms with Crippen LogP contribution < -0.4 is 5.32 Å². The van der Waals surface area contributed by atoms with Gasteiger partial charge >= 0.3 is 0 Å². The highest BCUT2D eigenvalue weighted by molar-refractivity contribution is 5.24. The number of rotatable bonds is 6. The minimum atomic E-state index is 0.200. The fraction of sp³-hybridized carbons (Fsp3) is 0.750. The van der Waals surface area contributed by atoms with E-state index in [4.69, 9.17) is 0 Å². The predicted octanol–water partition coefficient (Wildman–Crippen LogP) is 3.37. The molecule has 1 N–H and O–H groups in total. The minimum absolute atomic E-state index is 0.200. The first kappa shape index (κ1) is 16.1. The summed E-state index contributed by atoms with van der Waals surface area (Å²) in [5, 5.41) is 3.52. The molecule has 3 nitrogen and oxygen atoms in total. The normalized spacial score (nSPS) is 11.9. The zero-order valence-corrected chi connectivity index (χ0v) is 13.4. The Balaban J connectivity index is 2.59. The quantitative estimate of drug-likeness (QED) is 0.800. The Hall–Kier alpha value is -0.960. The van der Waals surface area contributed by atoms with Gasteiger partial charge < -0.3 is 5.32 Å². The van der Waals surface area contributed by atoms with Crippen molar-refractivity contribution >= 4 is 0 Å². The molecule has 1 aromatic rings. The van der Waals surface area contributed by atoms with E-state index in [0.29, 0.717) is 0 Å². The van der Waals surface area contributed by atoms with Crippen molar-refractivity contribution in [1.29, 1.82) is 0 Å². The third-order valence-corrected chi connectivity index (χ3v) is 3.20. The highest BCUT2D eigenvalue weighted by atomic mass is 14.9. The molecule has 0 aliphatic rings. The average Bonchev–Trinajstić information content (AvgIpc) is 2.26. The Kier molecular flexibility index (Phi) is 5.92. The molecule has 0 saturated heterocycles. The zero-order valence-electron chi connectivity index (χ0n) is 13.4. The van der Waals surface area contributed by atoms with Gasteiger partial charge in [0.1, 0.15) is 5.82 Å². The van der Waals surface area contributed by atoms with Gasteiger partial charge in [-0.2, -0.15) is 0 Å². The lowest BCUT2D eigenvalue weighted by Gasteiger charge is -2.20. The predicted molar refractivity (Wildman–Crippen MR) is 81.6 cm³/mol. The molecule has 0 fully saturated rings. The van der Waals surface area contributed by atoms with Gasteiger partial charge in [-0.15, -0.1) is 0 Å². The lowest BCUT2D eigenvalue weighted by molar-refractivity contribution is 0.422. The van der Waals surface area contributed by atoms with Crippen LogP contribution in [0, 0.1) is 13.8 Å². The number of aromatic nitrogens is 2. The van der Waals surface area contributed by atoms with Crippen LogP contribution in [0.15, 0.2) is 0 Å². The number of aryl methyl sites for hydroxylation is 3. The Labute approximate surface area is 118 Å². The van der Waals surface area contributed by atoms with E-state index in [1.807, 2.05) is 0 Å². The van der Waals surface area contributed by atoms with Crippen LogP contribution in [0.2, 0.25) is 0 Å². The summed E-state index contributed by atoms with van der Waals surface area (Å²) < 4.78 is 0. The monoisotopic (exact) mass is 263 g/mol. The molecule has 0 bridgehead atoms. The standard InChI is InChI=1S/C16H29N3/c1-7-9-15-18-12(2)14(13(3)19-15)10-8-11-17-16(4,5)6/h17H,7-11H2,1-6H3. The molecule has 0 unspecified atom stereocenters. The Morgan fingerprint density at radius 3 is 2.05 bits per heavy atom. The molecule has 0 aliphatic carbocycles. The second kappa shape index (κ2) is 6.99.